The topological polar surface area (TPSA) is 84.4 Å². The van der Waals surface area contributed by atoms with Gasteiger partial charge in [0.05, 0.1) is 17.2 Å². The Morgan fingerprint density at radius 1 is 0.977 bits per heavy atom. The molecule has 236 valence electrons. The maximum atomic E-state index is 13.8. The second-order valence-corrected chi connectivity index (χ2v) is 17.0. The van der Waals surface area contributed by atoms with Gasteiger partial charge in [0.2, 0.25) is 11.8 Å². The second-order valence-electron chi connectivity index (χ2n) is 15.3. The van der Waals surface area contributed by atoms with Crippen LogP contribution in [0.5, 0.6) is 5.88 Å². The lowest BCUT2D eigenvalue weighted by Gasteiger charge is -2.61. The van der Waals surface area contributed by atoms with Crippen molar-refractivity contribution in [3.63, 3.8) is 0 Å². The molecule has 3 aliphatic rings. The van der Waals surface area contributed by atoms with E-state index >= 15 is 0 Å². The highest BCUT2D eigenvalue weighted by Gasteiger charge is 2.56. The Bertz CT molecular complexity index is 1640. The van der Waals surface area contributed by atoms with Crippen molar-refractivity contribution in [1.82, 2.24) is 14.9 Å². The molecular formula is C36H48N4O3S. The fraction of sp³-hybridized carbons (Fsp3) is 0.556. The van der Waals surface area contributed by atoms with Crippen molar-refractivity contribution in [2.24, 2.45) is 22.7 Å². The normalized spacial score (nSPS) is 27.8. The van der Waals surface area contributed by atoms with Crippen LogP contribution in [0.3, 0.4) is 0 Å². The second kappa shape index (κ2) is 11.1. The van der Waals surface area contributed by atoms with Crippen LogP contribution in [0.15, 0.2) is 47.4 Å². The van der Waals surface area contributed by atoms with Crippen LogP contribution in [0, 0.1) is 43.4 Å². The van der Waals surface area contributed by atoms with Gasteiger partial charge < -0.3 is 9.64 Å². The first-order valence-electron chi connectivity index (χ1n) is 16.0. The minimum Gasteiger partial charge on any atom is -0.477 e. The third-order valence-corrected chi connectivity index (χ3v) is 11.7. The van der Waals surface area contributed by atoms with E-state index in [1.54, 1.807) is 6.07 Å². The Balaban J connectivity index is 1.45. The molecular weight excluding hydrogens is 568 g/mol. The largest absolute Gasteiger partial charge is 0.477 e. The molecule has 0 radical (unpaired) electrons. The Morgan fingerprint density at radius 3 is 2.27 bits per heavy atom. The highest BCUT2D eigenvalue weighted by Crippen LogP contribution is 2.64. The maximum Gasteiger partial charge on any atom is 0.264 e. The van der Waals surface area contributed by atoms with E-state index in [1.807, 2.05) is 25.1 Å². The van der Waals surface area contributed by atoms with Crippen molar-refractivity contribution in [2.75, 3.05) is 25.4 Å². The van der Waals surface area contributed by atoms with Gasteiger partial charge in [0, 0.05) is 23.1 Å². The lowest BCUT2D eigenvalue weighted by atomic mass is 9.46. The summed E-state index contributed by atoms with van der Waals surface area (Å²) in [5, 5.41) is 0. The third kappa shape index (κ3) is 5.87. The fourth-order valence-corrected chi connectivity index (χ4v) is 9.32. The minimum atomic E-state index is -3.94. The molecule has 2 fully saturated rings. The molecule has 1 spiro atoms. The number of hydrogen-bond donors (Lipinski definition) is 1. The van der Waals surface area contributed by atoms with Gasteiger partial charge in [-0.15, -0.1) is 0 Å². The monoisotopic (exact) mass is 616 g/mol. The predicted octanol–water partition coefficient (Wildman–Crippen LogP) is 7.52. The number of anilines is 1. The molecule has 2 saturated carbocycles. The lowest BCUT2D eigenvalue weighted by Crippen LogP contribution is -2.56. The summed E-state index contributed by atoms with van der Waals surface area (Å²) in [6, 6.07) is 14.4. The summed E-state index contributed by atoms with van der Waals surface area (Å²) in [6.45, 7) is 13.4. The Hall–Kier alpha value is -2.97. The molecule has 2 aliphatic carbocycles. The molecule has 6 rings (SSSR count). The van der Waals surface area contributed by atoms with Crippen molar-refractivity contribution in [3.8, 4) is 17.1 Å². The summed E-state index contributed by atoms with van der Waals surface area (Å²) in [4.78, 5) is 12.0. The van der Waals surface area contributed by atoms with Crippen LogP contribution in [0.25, 0.3) is 11.3 Å². The van der Waals surface area contributed by atoms with Gasteiger partial charge in [-0.2, -0.15) is 4.98 Å². The van der Waals surface area contributed by atoms with Crippen molar-refractivity contribution >= 4 is 16.0 Å². The first kappa shape index (κ1) is 31.0. The summed E-state index contributed by atoms with van der Waals surface area (Å²) in [5.74, 6) is 1.33. The Morgan fingerprint density at radius 2 is 1.64 bits per heavy atom. The number of nitrogens with zero attached hydrogens (tertiary/aromatic N) is 3. The summed E-state index contributed by atoms with van der Waals surface area (Å²) in [7, 11) is 0.430. The van der Waals surface area contributed by atoms with E-state index < -0.39 is 10.0 Å². The number of hydrogen-bond acceptors (Lipinski definition) is 6. The molecule has 2 atom stereocenters. The van der Waals surface area contributed by atoms with Crippen LogP contribution in [0.2, 0.25) is 0 Å². The molecule has 4 bridgehead atoms. The van der Waals surface area contributed by atoms with Gasteiger partial charge in [0.25, 0.3) is 10.0 Å². The molecule has 1 aliphatic heterocycles. The average Bonchev–Trinajstić information content (AvgIpc) is 2.87. The molecule has 3 aromatic rings. The summed E-state index contributed by atoms with van der Waals surface area (Å²) in [5.41, 5.74) is 6.21. The maximum absolute atomic E-state index is 13.8. The summed E-state index contributed by atoms with van der Waals surface area (Å²) >= 11 is 0. The number of benzene rings is 2. The predicted molar refractivity (Wildman–Crippen MR) is 177 cm³/mol. The molecule has 0 saturated heterocycles. The first-order chi connectivity index (χ1) is 20.6. The highest BCUT2D eigenvalue weighted by atomic mass is 32.2. The molecule has 0 amide bonds. The van der Waals surface area contributed by atoms with E-state index in [2.05, 4.69) is 81.5 Å². The van der Waals surface area contributed by atoms with Crippen LogP contribution in [0.4, 0.5) is 5.95 Å². The first-order valence-corrected chi connectivity index (χ1v) is 17.5. The molecule has 7 nitrogen and oxygen atoms in total. The van der Waals surface area contributed by atoms with Crippen molar-refractivity contribution in [1.29, 1.82) is 0 Å². The number of nitrogens with one attached hydrogen (secondary N) is 1. The van der Waals surface area contributed by atoms with Crippen molar-refractivity contribution < 1.29 is 13.2 Å². The Labute approximate surface area is 263 Å². The highest BCUT2D eigenvalue weighted by molar-refractivity contribution is 7.92. The quantitative estimate of drug-likeness (QED) is 0.327. The zero-order valence-electron chi connectivity index (χ0n) is 27.6. The number of aryl methyl sites for hydroxylation is 2. The van der Waals surface area contributed by atoms with Crippen LogP contribution in [-0.4, -0.2) is 50.0 Å². The zero-order chi connectivity index (χ0) is 31.6. The van der Waals surface area contributed by atoms with Gasteiger partial charge in [-0.1, -0.05) is 51.1 Å². The van der Waals surface area contributed by atoms with E-state index in [0.29, 0.717) is 35.6 Å². The summed E-state index contributed by atoms with van der Waals surface area (Å²) in [6.07, 6.45) is 5.84. The molecule has 8 heteroatoms. The summed E-state index contributed by atoms with van der Waals surface area (Å²) < 4.78 is 37.1. The van der Waals surface area contributed by atoms with Crippen LogP contribution >= 0.6 is 0 Å². The fourth-order valence-electron chi connectivity index (χ4n) is 8.32. The standard InChI is InChI=1S/C36H48N4O3S/c1-22-11-9-12-23(2)30(22)32-24(3)33-38-34(37-32)39-44(41,42)29-14-10-13-25(15-29)31(27(21-43-33)16-35(4,5)6)26-17-36(18-26)19-28(20-36)40(7)8/h9-15,26-28,31H,16-21H2,1-8H3,(H,37,38,39)/t26?,27-,28?,31?,36?/m1/s1. The number of rotatable bonds is 4. The average molecular weight is 617 g/mol. The zero-order valence-corrected chi connectivity index (χ0v) is 28.4. The van der Waals surface area contributed by atoms with E-state index in [9.17, 15) is 8.42 Å². The molecule has 2 heterocycles. The smallest absolute Gasteiger partial charge is 0.264 e. The van der Waals surface area contributed by atoms with Gasteiger partial charge >= 0.3 is 0 Å². The van der Waals surface area contributed by atoms with Gasteiger partial charge in [-0.3, -0.25) is 0 Å². The van der Waals surface area contributed by atoms with Gasteiger partial charge in [0.1, 0.15) is 0 Å². The van der Waals surface area contributed by atoms with Gasteiger partial charge in [-0.25, -0.2) is 18.1 Å². The van der Waals surface area contributed by atoms with E-state index in [4.69, 9.17) is 9.72 Å². The number of ether oxygens (including phenoxy) is 1. The number of fused-ring (bicyclic) bond motifs is 4. The molecule has 1 N–H and O–H groups in total. The van der Waals surface area contributed by atoms with E-state index in [1.165, 1.54) is 25.7 Å². The van der Waals surface area contributed by atoms with Crippen molar-refractivity contribution in [2.45, 2.75) is 90.5 Å². The van der Waals surface area contributed by atoms with Gasteiger partial charge in [-0.05, 0) is 118 Å². The van der Waals surface area contributed by atoms with Gasteiger partial charge in [0.15, 0.2) is 0 Å². The minimum absolute atomic E-state index is 0.0273. The SMILES string of the molecule is Cc1cccc(C)c1-c1nc2nc(c1C)OC[C@@H](CC(C)(C)C)C(C1CC3(C1)CC(N(C)C)C3)c1cccc(c1)S(=O)(=O)N2. The molecule has 1 unspecified atom stereocenters. The number of aromatic nitrogens is 2. The van der Waals surface area contributed by atoms with Crippen molar-refractivity contribution in [3.05, 3.63) is 64.7 Å². The lowest BCUT2D eigenvalue weighted by molar-refractivity contribution is -0.0930. The molecule has 1 aromatic heterocycles. The van der Waals surface area contributed by atoms with E-state index in [-0.39, 0.29) is 28.1 Å². The molecule has 2 aromatic carbocycles. The number of sulfonamides is 1. The van der Waals surface area contributed by atoms with Crippen LogP contribution in [-0.2, 0) is 10.0 Å². The Kier molecular flexibility index (Phi) is 7.85. The van der Waals surface area contributed by atoms with Crippen LogP contribution < -0.4 is 9.46 Å². The molecule has 44 heavy (non-hydrogen) atoms. The van der Waals surface area contributed by atoms with Crippen LogP contribution in [0.1, 0.15) is 81.0 Å². The third-order valence-electron chi connectivity index (χ3n) is 10.4. The van der Waals surface area contributed by atoms with E-state index in [0.717, 1.165) is 34.2 Å².